The predicted molar refractivity (Wildman–Crippen MR) is 307 cm³/mol. The van der Waals surface area contributed by atoms with Gasteiger partial charge in [-0.2, -0.15) is 0 Å². The first-order chi connectivity index (χ1) is 36.2. The average Bonchev–Trinajstić information content (AvgIpc) is 3.77. The smallest absolute Gasteiger partial charge is 0.0714 e. The Labute approximate surface area is 428 Å². The molecule has 12 aromatic carbocycles. The lowest BCUT2D eigenvalue weighted by molar-refractivity contribution is 0.768. The third-order valence-corrected chi connectivity index (χ3v) is 14.7. The lowest BCUT2D eigenvalue weighted by Crippen LogP contribution is -2.28. The predicted octanol–water partition coefficient (Wildman–Crippen LogP) is 19.1. The van der Waals surface area contributed by atoms with Crippen LogP contribution in [0.4, 0.5) is 34.1 Å². The molecule has 1 aliphatic rings. The Bertz CT molecular complexity index is 3810. The fraction of sp³-hybridized carbons (Fsp3) is 0.0141. The second kappa shape index (κ2) is 18.7. The number of para-hydroxylation sites is 3. The van der Waals surface area contributed by atoms with Crippen LogP contribution in [0.2, 0.25) is 0 Å². The van der Waals surface area contributed by atoms with Crippen LogP contribution in [-0.4, -0.2) is 0 Å². The first kappa shape index (κ1) is 43.5. The van der Waals surface area contributed by atoms with Gasteiger partial charge in [0.1, 0.15) is 0 Å². The minimum Gasteiger partial charge on any atom is -0.310 e. The highest BCUT2D eigenvalue weighted by atomic mass is 15.2. The third-order valence-electron chi connectivity index (χ3n) is 14.7. The van der Waals surface area contributed by atoms with E-state index in [-0.39, 0.29) is 0 Å². The second-order valence-electron chi connectivity index (χ2n) is 18.8. The summed E-state index contributed by atoms with van der Waals surface area (Å²) in [6.07, 6.45) is 0. The van der Waals surface area contributed by atoms with Crippen LogP contribution in [-0.2, 0) is 5.41 Å². The van der Waals surface area contributed by atoms with Crippen molar-refractivity contribution < 1.29 is 0 Å². The van der Waals surface area contributed by atoms with Crippen LogP contribution in [0.5, 0.6) is 0 Å². The van der Waals surface area contributed by atoms with Crippen molar-refractivity contribution in [2.24, 2.45) is 0 Å². The summed E-state index contributed by atoms with van der Waals surface area (Å²) in [5, 5.41) is 2.46. The average molecular weight is 931 g/mol. The van der Waals surface area contributed by atoms with Gasteiger partial charge in [-0.1, -0.05) is 231 Å². The van der Waals surface area contributed by atoms with Crippen LogP contribution < -0.4 is 9.80 Å². The highest BCUT2D eigenvalue weighted by Crippen LogP contribution is 2.57. The Kier molecular flexibility index (Phi) is 11.1. The number of fused-ring (bicyclic) bond motifs is 4. The van der Waals surface area contributed by atoms with E-state index >= 15 is 0 Å². The van der Waals surface area contributed by atoms with Crippen LogP contribution in [0.15, 0.2) is 303 Å². The van der Waals surface area contributed by atoms with Crippen LogP contribution >= 0.6 is 0 Å². The molecule has 73 heavy (non-hydrogen) atoms. The van der Waals surface area contributed by atoms with Crippen LogP contribution in [0.1, 0.15) is 22.3 Å². The molecule has 0 atom stereocenters. The summed E-state index contributed by atoms with van der Waals surface area (Å²) in [6.45, 7) is 0. The number of nitrogens with zero attached hydrogens (tertiary/aromatic N) is 2. The van der Waals surface area contributed by atoms with E-state index in [1.807, 2.05) is 0 Å². The van der Waals surface area contributed by atoms with Gasteiger partial charge < -0.3 is 9.80 Å². The van der Waals surface area contributed by atoms with Gasteiger partial charge in [-0.05, 0) is 150 Å². The van der Waals surface area contributed by atoms with Crippen molar-refractivity contribution in [3.63, 3.8) is 0 Å². The molecule has 2 heteroatoms. The molecule has 0 heterocycles. The molecule has 0 amide bonds. The lowest BCUT2D eigenvalue weighted by atomic mass is 9.67. The van der Waals surface area contributed by atoms with Crippen molar-refractivity contribution in [3.05, 3.63) is 326 Å². The molecular weight excluding hydrogens is 881 g/mol. The summed E-state index contributed by atoms with van der Waals surface area (Å²) in [4.78, 5) is 4.83. The van der Waals surface area contributed by atoms with Crippen molar-refractivity contribution in [1.82, 2.24) is 0 Å². The normalized spacial score (nSPS) is 12.2. The topological polar surface area (TPSA) is 6.48 Å². The Morgan fingerprint density at radius 2 is 0.699 bits per heavy atom. The zero-order valence-electron chi connectivity index (χ0n) is 40.3. The maximum Gasteiger partial charge on any atom is 0.0714 e. The fourth-order valence-electron chi connectivity index (χ4n) is 11.5. The van der Waals surface area contributed by atoms with Gasteiger partial charge in [-0.3, -0.25) is 0 Å². The molecule has 0 unspecified atom stereocenters. The molecule has 0 fully saturated rings. The maximum absolute atomic E-state index is 2.46. The Morgan fingerprint density at radius 3 is 1.32 bits per heavy atom. The fourth-order valence-corrected chi connectivity index (χ4v) is 11.5. The van der Waals surface area contributed by atoms with E-state index in [1.54, 1.807) is 0 Å². The van der Waals surface area contributed by atoms with Gasteiger partial charge in [-0.25, -0.2) is 0 Å². The van der Waals surface area contributed by atoms with Crippen molar-refractivity contribution in [3.8, 4) is 44.5 Å². The summed E-state index contributed by atoms with van der Waals surface area (Å²) >= 11 is 0. The number of hydrogen-bond donors (Lipinski definition) is 0. The molecule has 13 rings (SSSR count). The van der Waals surface area contributed by atoms with Crippen LogP contribution in [0, 0.1) is 0 Å². The van der Waals surface area contributed by atoms with E-state index < -0.39 is 5.41 Å². The first-order valence-electron chi connectivity index (χ1n) is 25.2. The SMILES string of the molecule is c1ccc(-c2c(-c3cccc(-c4cc(N(c5ccccc5)c5ccccc5)cc(N(c5ccccc5)c5ccc6c(c5)C(c5ccccc5)(c5ccccc5)c5ccccc5-6)c4)c3)ccc3ccccc23)cc1. The van der Waals surface area contributed by atoms with E-state index in [0.29, 0.717) is 0 Å². The van der Waals surface area contributed by atoms with E-state index in [9.17, 15) is 0 Å². The quantitative estimate of drug-likeness (QED) is 0.128. The van der Waals surface area contributed by atoms with Gasteiger partial charge in [0.2, 0.25) is 0 Å². The number of benzene rings is 12. The number of hydrogen-bond acceptors (Lipinski definition) is 2. The molecule has 344 valence electrons. The van der Waals surface area contributed by atoms with Gasteiger partial charge in [0, 0.05) is 34.1 Å². The maximum atomic E-state index is 2.46. The molecule has 0 aromatic heterocycles. The van der Waals surface area contributed by atoms with Gasteiger partial charge in [0.05, 0.1) is 5.41 Å². The van der Waals surface area contributed by atoms with Gasteiger partial charge in [0.15, 0.2) is 0 Å². The molecule has 0 radical (unpaired) electrons. The van der Waals surface area contributed by atoms with Crippen LogP contribution in [0.25, 0.3) is 55.3 Å². The highest BCUT2D eigenvalue weighted by Gasteiger charge is 2.46. The lowest BCUT2D eigenvalue weighted by Gasteiger charge is -2.35. The summed E-state index contributed by atoms with van der Waals surface area (Å²) in [6, 6.07) is 111. The third kappa shape index (κ3) is 7.69. The molecule has 0 N–H and O–H groups in total. The van der Waals surface area contributed by atoms with Gasteiger partial charge in [0.25, 0.3) is 0 Å². The second-order valence-corrected chi connectivity index (χ2v) is 18.8. The van der Waals surface area contributed by atoms with E-state index in [0.717, 1.165) is 50.8 Å². The molecule has 0 aliphatic heterocycles. The van der Waals surface area contributed by atoms with Gasteiger partial charge in [-0.15, -0.1) is 0 Å². The molecule has 0 saturated heterocycles. The minimum atomic E-state index is -0.557. The largest absolute Gasteiger partial charge is 0.310 e. The standard InChI is InChI=1S/C71H50N2/c1-7-25-52(26-8-1)70-64-39-20-19-24-51(64)42-44-65(70)54-28-23-27-53(46-54)55-47-62(72(58-33-13-4-14-34-58)59-35-15-5-16-36-59)49-63(48-55)73(60-37-17-6-18-38-60)61-43-45-67-66-40-21-22-41-68(66)71(69(67)50-61,56-29-9-2-10-30-56)57-31-11-3-12-32-57/h1-50H. The first-order valence-corrected chi connectivity index (χ1v) is 25.2. The van der Waals surface area contributed by atoms with E-state index in [1.165, 1.54) is 60.8 Å². The monoisotopic (exact) mass is 930 g/mol. The molecule has 12 aromatic rings. The van der Waals surface area contributed by atoms with E-state index in [2.05, 4.69) is 313 Å². The summed E-state index contributed by atoms with van der Waals surface area (Å²) < 4.78 is 0. The van der Waals surface area contributed by atoms with Crippen molar-refractivity contribution in [2.45, 2.75) is 5.41 Å². The number of anilines is 6. The molecule has 2 nitrogen and oxygen atoms in total. The molecule has 1 aliphatic carbocycles. The van der Waals surface area contributed by atoms with Crippen molar-refractivity contribution in [1.29, 1.82) is 0 Å². The Hall–Kier alpha value is -9.50. The zero-order valence-corrected chi connectivity index (χ0v) is 40.3. The summed E-state index contributed by atoms with van der Waals surface area (Å²) in [5.74, 6) is 0. The van der Waals surface area contributed by atoms with E-state index in [4.69, 9.17) is 0 Å². The number of rotatable bonds is 11. The van der Waals surface area contributed by atoms with Gasteiger partial charge >= 0.3 is 0 Å². The highest BCUT2D eigenvalue weighted by molar-refractivity contribution is 6.04. The minimum absolute atomic E-state index is 0.557. The molecule has 0 bridgehead atoms. The summed E-state index contributed by atoms with van der Waals surface area (Å²) in [7, 11) is 0. The zero-order chi connectivity index (χ0) is 48.6. The molecular formula is C71H50N2. The Morgan fingerprint density at radius 1 is 0.233 bits per heavy atom. The Balaban J connectivity index is 1.06. The van der Waals surface area contributed by atoms with Crippen molar-refractivity contribution in [2.75, 3.05) is 9.80 Å². The molecule has 0 spiro atoms. The van der Waals surface area contributed by atoms with Crippen molar-refractivity contribution >= 4 is 44.9 Å². The molecule has 0 saturated carbocycles. The summed E-state index contributed by atoms with van der Waals surface area (Å²) in [5.41, 5.74) is 20.4. The van der Waals surface area contributed by atoms with Crippen LogP contribution in [0.3, 0.4) is 0 Å².